The fourth-order valence-corrected chi connectivity index (χ4v) is 12.0. The lowest BCUT2D eigenvalue weighted by atomic mass is 9.81. The van der Waals surface area contributed by atoms with Gasteiger partial charge in [-0.1, -0.05) is 6.92 Å². The van der Waals surface area contributed by atoms with E-state index >= 15 is 4.39 Å². The number of aliphatic hydroxyl groups excluding tert-OH is 1. The summed E-state index contributed by atoms with van der Waals surface area (Å²) in [5.74, 6) is -4.00. The molecule has 3 amide bonds. The Morgan fingerprint density at radius 3 is 2.41 bits per heavy atom. The molecular weight excluding hydrogens is 1080 g/mol. The van der Waals surface area contributed by atoms with Crippen LogP contribution in [0.2, 0.25) is 0 Å². The SMILES string of the molecule is C#CP(=O)(Nc1ccc(C(=O)NCCCCCOP(=O)(NC(C)C(=O)NC(C)C(=O)OC(C)(C)C)OCC(=O)N[C@H]2CCc3c(C)c(F)cc4nc5c(c2c34)Cn2c-5cc3c(c2=O)COC(=O)[C@]3(O)CC)cc1)OCCOCCO. The lowest BCUT2D eigenvalue weighted by Crippen LogP contribution is -2.48. The summed E-state index contributed by atoms with van der Waals surface area (Å²) < 4.78 is 77.0. The summed E-state index contributed by atoms with van der Waals surface area (Å²) in [7, 11) is -8.25. The molecule has 7 N–H and O–H groups in total. The lowest BCUT2D eigenvalue weighted by molar-refractivity contribution is -0.172. The molecule has 7 rings (SSSR count). The van der Waals surface area contributed by atoms with E-state index in [1.54, 1.807) is 40.7 Å². The molecule has 26 heteroatoms. The van der Waals surface area contributed by atoms with Crippen molar-refractivity contribution in [2.45, 2.75) is 129 Å². The van der Waals surface area contributed by atoms with Crippen LogP contribution in [0.5, 0.6) is 0 Å². The number of anilines is 1. The first-order chi connectivity index (χ1) is 37.8. The predicted molar refractivity (Wildman–Crippen MR) is 291 cm³/mol. The van der Waals surface area contributed by atoms with E-state index < -0.39 is 92.2 Å². The van der Waals surface area contributed by atoms with Crippen molar-refractivity contribution < 1.29 is 75.5 Å². The molecule has 0 saturated heterocycles. The zero-order chi connectivity index (χ0) is 58.3. The van der Waals surface area contributed by atoms with E-state index in [0.717, 1.165) is 0 Å². The number of aryl methyl sites for hydroxylation is 1. The van der Waals surface area contributed by atoms with Crippen LogP contribution in [0, 0.1) is 24.8 Å². The van der Waals surface area contributed by atoms with Gasteiger partial charge in [-0.25, -0.2) is 28.6 Å². The molecule has 6 atom stereocenters. The fourth-order valence-electron chi connectivity index (χ4n) is 9.53. The molecule has 0 radical (unpaired) electrons. The first kappa shape index (κ1) is 61.2. The minimum atomic E-state index is -4.53. The maximum atomic E-state index is 15.6. The molecule has 4 unspecified atom stereocenters. The molecule has 2 aromatic heterocycles. The van der Waals surface area contributed by atoms with Gasteiger partial charge in [0.15, 0.2) is 5.60 Å². The number of hydrogen-bond donors (Lipinski definition) is 7. The first-order valence-electron chi connectivity index (χ1n) is 26.2. The number of esters is 2. The van der Waals surface area contributed by atoms with Gasteiger partial charge >= 0.3 is 27.2 Å². The number of pyridine rings is 2. The maximum Gasteiger partial charge on any atom is 0.406 e. The largest absolute Gasteiger partial charge is 0.458 e. The van der Waals surface area contributed by atoms with Gasteiger partial charge in [-0.15, -0.1) is 6.42 Å². The molecule has 1 aliphatic carbocycles. The van der Waals surface area contributed by atoms with Crippen LogP contribution in [-0.2, 0) is 81.3 Å². The summed E-state index contributed by atoms with van der Waals surface area (Å²) in [5, 5.41) is 34.4. The highest BCUT2D eigenvalue weighted by Crippen LogP contribution is 2.48. The Balaban J connectivity index is 1.01. The third-order valence-corrected chi connectivity index (χ3v) is 16.8. The zero-order valence-electron chi connectivity index (χ0n) is 45.7. The van der Waals surface area contributed by atoms with Gasteiger partial charge in [0.05, 0.1) is 74.1 Å². The van der Waals surface area contributed by atoms with Crippen molar-refractivity contribution in [2.75, 3.05) is 51.3 Å². The van der Waals surface area contributed by atoms with E-state index in [-0.39, 0.29) is 87.9 Å². The Hall–Kier alpha value is -6.38. The van der Waals surface area contributed by atoms with Crippen LogP contribution in [0.15, 0.2) is 41.2 Å². The smallest absolute Gasteiger partial charge is 0.406 e. The Bertz CT molecular complexity index is 3250. The Kier molecular flexibility index (Phi) is 19.6. The molecule has 2 aliphatic heterocycles. The lowest BCUT2D eigenvalue weighted by Gasteiger charge is -2.31. The van der Waals surface area contributed by atoms with E-state index in [1.807, 2.05) is 0 Å². The number of unbranched alkanes of at least 4 members (excludes halogenated alkanes) is 2. The fraction of sp³-hybridized carbons (Fsp3) is 0.500. The molecule has 0 saturated carbocycles. The third kappa shape index (κ3) is 14.0. The molecule has 80 heavy (non-hydrogen) atoms. The molecule has 0 spiro atoms. The topological polar surface area (TPSA) is 310 Å². The van der Waals surface area contributed by atoms with E-state index in [0.29, 0.717) is 70.3 Å². The number of ether oxygens (including phenoxy) is 3. The molecule has 4 aromatic rings. The van der Waals surface area contributed by atoms with Gasteiger partial charge in [-0.2, -0.15) is 0 Å². The Labute approximate surface area is 461 Å². The van der Waals surface area contributed by atoms with Crippen molar-refractivity contribution in [3.8, 4) is 23.5 Å². The van der Waals surface area contributed by atoms with Crippen LogP contribution in [-0.4, -0.2) is 113 Å². The number of nitrogens with zero attached hydrogens (tertiary/aromatic N) is 2. The van der Waals surface area contributed by atoms with Crippen LogP contribution in [0.4, 0.5) is 10.1 Å². The minimum Gasteiger partial charge on any atom is -0.458 e. The Morgan fingerprint density at radius 1 is 0.988 bits per heavy atom. The van der Waals surface area contributed by atoms with Gasteiger partial charge in [0.1, 0.15) is 30.7 Å². The van der Waals surface area contributed by atoms with Crippen LogP contribution in [0.25, 0.3) is 22.3 Å². The van der Waals surface area contributed by atoms with Crippen LogP contribution in [0.3, 0.4) is 0 Å². The Morgan fingerprint density at radius 2 is 1.73 bits per heavy atom. The number of amides is 3. The standard InChI is InChI=1S/C54H68FN7O16P2/c1-9-54(70)39-26-43-47-37(28-62(43)50(67)38(39)29-74-52(54)69)46-41(19-18-36-31(3)40(55)27-42(59-47)45(36)46)58-44(64)30-77-80(72,60-32(4)48(65)57-33(5)51(68)78-53(6,7)8)76-22-13-11-12-20-56-49(66)34-14-16-35(17-15-34)61-79(71,10-2)75-25-24-73-23-21-63/h2,14-17,26-27,32-33,41,63,70H,9,11-13,18-25,28-30H2,1,3-8H3,(H,56,66)(H,57,65)(H,58,64)(H,60,72)(H,61,71)/t32?,33?,41-,54-,79?,80?/m0/s1. The number of nitrogens with one attached hydrogen (secondary N) is 5. The highest BCUT2D eigenvalue weighted by molar-refractivity contribution is 7.65. The summed E-state index contributed by atoms with van der Waals surface area (Å²) in [6, 6.07) is 5.71. The van der Waals surface area contributed by atoms with Gasteiger partial charge < -0.3 is 54.6 Å². The molecule has 0 bridgehead atoms. The normalized spacial score (nSPS) is 18.5. The quantitative estimate of drug-likeness (QED) is 0.0157. The van der Waals surface area contributed by atoms with Gasteiger partial charge in [-0.05, 0) is 127 Å². The van der Waals surface area contributed by atoms with Crippen LogP contribution >= 0.6 is 15.3 Å². The average molecular weight is 1150 g/mol. The predicted octanol–water partition coefficient (Wildman–Crippen LogP) is 5.42. The summed E-state index contributed by atoms with van der Waals surface area (Å²) in [6.07, 6.45) is 7.18. The van der Waals surface area contributed by atoms with Crippen molar-refractivity contribution in [1.82, 2.24) is 30.6 Å². The zero-order valence-corrected chi connectivity index (χ0v) is 47.4. The minimum absolute atomic E-state index is 0.00751. The van der Waals surface area contributed by atoms with Gasteiger partial charge in [0.25, 0.3) is 11.5 Å². The second-order valence-corrected chi connectivity index (χ2v) is 24.2. The summed E-state index contributed by atoms with van der Waals surface area (Å²) in [6.45, 7) is 9.81. The number of aromatic nitrogens is 2. The monoisotopic (exact) mass is 1150 g/mol. The van der Waals surface area contributed by atoms with Crippen molar-refractivity contribution in [2.24, 2.45) is 0 Å². The number of carbonyl (C=O) groups excluding carboxylic acids is 5. The number of aliphatic hydroxyl groups is 2. The second kappa shape index (κ2) is 25.6. The molecule has 23 nitrogen and oxygen atoms in total. The van der Waals surface area contributed by atoms with E-state index in [4.69, 9.17) is 44.3 Å². The maximum absolute atomic E-state index is 15.6. The number of fused-ring (bicyclic) bond motifs is 5. The number of terminal acetylenes is 1. The molecule has 3 aliphatic rings. The summed E-state index contributed by atoms with van der Waals surface area (Å²) >= 11 is 0. The number of cyclic esters (lactones) is 1. The van der Waals surface area contributed by atoms with Crippen LogP contribution < -0.4 is 31.7 Å². The van der Waals surface area contributed by atoms with Gasteiger partial charge in [-0.3, -0.25) is 32.8 Å². The number of halogens is 1. The molecule has 2 aromatic carbocycles. The van der Waals surface area contributed by atoms with E-state index in [2.05, 4.69) is 31.8 Å². The number of rotatable bonds is 26. The number of benzene rings is 2. The van der Waals surface area contributed by atoms with Crippen LogP contribution in [0.1, 0.15) is 123 Å². The van der Waals surface area contributed by atoms with E-state index in [1.165, 1.54) is 48.7 Å². The van der Waals surface area contributed by atoms with E-state index in [9.17, 15) is 43.0 Å². The average Bonchev–Trinajstić information content (AvgIpc) is 3.84. The molecule has 4 heterocycles. The second-order valence-electron chi connectivity index (χ2n) is 20.5. The molecule has 432 valence electrons. The van der Waals surface area contributed by atoms with Gasteiger partial charge in [0, 0.05) is 46.0 Å². The van der Waals surface area contributed by atoms with Gasteiger partial charge in [0.2, 0.25) is 11.8 Å². The first-order valence-corrected chi connectivity index (χ1v) is 29.4. The van der Waals surface area contributed by atoms with Crippen molar-refractivity contribution in [3.05, 3.63) is 91.5 Å². The summed E-state index contributed by atoms with van der Waals surface area (Å²) in [5.41, 5.74) is 2.59. The highest BCUT2D eigenvalue weighted by Gasteiger charge is 2.46. The van der Waals surface area contributed by atoms with Crippen molar-refractivity contribution in [1.29, 1.82) is 0 Å². The third-order valence-electron chi connectivity index (χ3n) is 13.6. The molecular formula is C54H68FN7O16P2. The highest BCUT2D eigenvalue weighted by atomic mass is 31.2. The number of hydrogen-bond acceptors (Lipinski definition) is 17. The van der Waals surface area contributed by atoms with Crippen molar-refractivity contribution in [3.63, 3.8) is 0 Å². The van der Waals surface area contributed by atoms with Crippen molar-refractivity contribution >= 4 is 61.5 Å². The number of carbonyl (C=O) groups is 5. The summed E-state index contributed by atoms with van der Waals surface area (Å²) in [4.78, 5) is 84.9. The molecule has 0 fully saturated rings.